The van der Waals surface area contributed by atoms with Gasteiger partial charge >= 0.3 is 0 Å². The molecule has 0 fully saturated rings. The van der Waals surface area contributed by atoms with E-state index >= 15 is 0 Å². The van der Waals surface area contributed by atoms with Crippen LogP contribution in [-0.4, -0.2) is 12.5 Å². The fraction of sp³-hybridized carbons (Fsp3) is 0.556. The van der Waals surface area contributed by atoms with Crippen LogP contribution in [0.1, 0.15) is 131 Å². The topological polar surface area (TPSA) is 42.2 Å². The van der Waals surface area contributed by atoms with Crippen molar-refractivity contribution in [3.05, 3.63) is 75.7 Å². The van der Waals surface area contributed by atoms with Crippen LogP contribution in [0.3, 0.4) is 0 Å². The minimum Gasteiger partial charge on any atom is -1.00 e. The molecule has 0 unspecified atom stereocenters. The van der Waals surface area contributed by atoms with E-state index in [2.05, 4.69) is 68.3 Å². The zero-order valence-electron chi connectivity index (χ0n) is 26.6. The Kier molecular flexibility index (Phi) is 16.4. The summed E-state index contributed by atoms with van der Waals surface area (Å²) in [4.78, 5) is 14.9. The lowest BCUT2D eigenvalue weighted by molar-refractivity contribution is -0.683. The van der Waals surface area contributed by atoms with Crippen LogP contribution in [0.2, 0.25) is 0 Å². The molecule has 1 aromatic heterocycles. The molecule has 0 aliphatic carbocycles. The van der Waals surface area contributed by atoms with Crippen molar-refractivity contribution in [1.29, 1.82) is 0 Å². The molecule has 0 atom stereocenters. The molecule has 1 heterocycles. The van der Waals surface area contributed by atoms with Crippen LogP contribution in [0.25, 0.3) is 0 Å². The number of halogens is 1. The average molecular weight is 658 g/mol. The van der Waals surface area contributed by atoms with E-state index in [1.165, 1.54) is 75.5 Å². The van der Waals surface area contributed by atoms with Gasteiger partial charge in [-0.2, -0.15) is 4.57 Å². The fourth-order valence-electron chi connectivity index (χ4n) is 5.27. The highest BCUT2D eigenvalue weighted by Crippen LogP contribution is 2.35. The standard InChI is InChI=1S/C36H52N2O2S.BrH/c1-6-7-8-9-10-11-12-13-14-15-16-19-25-40-34-31(22-20-23-32(34)36(3,4)5)35(39)37-33-24-18-17-21-30(33)27-38-26-29(2)41-28-38;/h17-18,20-24,26,28H,6-16,19,25,27H2,1-5H3;1H. The number of rotatable bonds is 18. The molecular formula is C36H53BrN2O2S. The number of hydrogen-bond acceptors (Lipinski definition) is 3. The predicted octanol–water partition coefficient (Wildman–Crippen LogP) is 7.03. The van der Waals surface area contributed by atoms with Gasteiger partial charge in [-0.15, -0.1) is 0 Å². The Morgan fingerprint density at radius 1 is 0.857 bits per heavy atom. The third-order valence-electron chi connectivity index (χ3n) is 7.65. The van der Waals surface area contributed by atoms with Crippen molar-refractivity contribution in [3.8, 4) is 5.75 Å². The zero-order valence-corrected chi connectivity index (χ0v) is 29.0. The normalized spacial score (nSPS) is 11.3. The molecule has 232 valence electrons. The summed E-state index contributed by atoms with van der Waals surface area (Å²) in [6.07, 6.45) is 17.9. The van der Waals surface area contributed by atoms with Gasteiger partial charge < -0.3 is 27.0 Å². The van der Waals surface area contributed by atoms with Crippen molar-refractivity contribution in [2.75, 3.05) is 11.9 Å². The van der Waals surface area contributed by atoms with Gasteiger partial charge in [0.05, 0.1) is 22.7 Å². The Hall–Kier alpha value is -2.18. The van der Waals surface area contributed by atoms with Crippen LogP contribution >= 0.6 is 11.3 Å². The number of amides is 1. The maximum absolute atomic E-state index is 13.7. The summed E-state index contributed by atoms with van der Waals surface area (Å²) < 4.78 is 8.57. The molecule has 0 aliphatic rings. The second-order valence-corrected chi connectivity index (χ2v) is 13.5. The maximum atomic E-state index is 13.7. The van der Waals surface area contributed by atoms with Crippen LogP contribution in [0, 0.1) is 6.92 Å². The largest absolute Gasteiger partial charge is 1.00 e. The van der Waals surface area contributed by atoms with Crippen molar-refractivity contribution < 1.29 is 31.1 Å². The number of aromatic nitrogens is 1. The quantitative estimate of drug-likeness (QED) is 0.118. The molecule has 0 spiro atoms. The van der Waals surface area contributed by atoms with Gasteiger partial charge in [-0.1, -0.05) is 140 Å². The summed E-state index contributed by atoms with van der Waals surface area (Å²) in [5.74, 6) is 0.598. The van der Waals surface area contributed by atoms with E-state index < -0.39 is 0 Å². The van der Waals surface area contributed by atoms with Crippen molar-refractivity contribution in [2.24, 2.45) is 0 Å². The van der Waals surface area contributed by atoms with Gasteiger partial charge in [0.15, 0.2) is 12.7 Å². The Labute approximate surface area is 270 Å². The number of thiazole rings is 1. The Morgan fingerprint density at radius 2 is 1.48 bits per heavy atom. The third kappa shape index (κ3) is 12.2. The van der Waals surface area contributed by atoms with Gasteiger partial charge in [0.1, 0.15) is 5.75 Å². The molecule has 0 bridgehead atoms. The third-order valence-corrected chi connectivity index (χ3v) is 8.51. The summed E-state index contributed by atoms with van der Waals surface area (Å²) in [6.45, 7) is 12.3. The van der Waals surface area contributed by atoms with Crippen LogP contribution < -0.4 is 31.6 Å². The SMILES string of the molecule is CCCCCCCCCCCCCCOc1c(C(=O)Nc2ccccc2C[n+]2csc(C)c2)cccc1C(C)(C)C.[Br-]. The number of carbonyl (C=O) groups excluding carboxylic acids is 1. The van der Waals surface area contributed by atoms with Crippen molar-refractivity contribution in [2.45, 2.75) is 124 Å². The highest BCUT2D eigenvalue weighted by atomic mass is 79.9. The molecule has 0 saturated carbocycles. The molecule has 0 aliphatic heterocycles. The number of anilines is 1. The van der Waals surface area contributed by atoms with Crippen LogP contribution in [0.4, 0.5) is 5.69 Å². The number of aryl methyl sites for hydroxylation is 1. The lowest BCUT2D eigenvalue weighted by Crippen LogP contribution is -3.00. The molecule has 3 aromatic rings. The first kappa shape index (κ1) is 36.0. The first-order valence-electron chi connectivity index (χ1n) is 15.9. The van der Waals surface area contributed by atoms with Gasteiger partial charge in [-0.25, -0.2) is 0 Å². The molecule has 2 aromatic carbocycles. The fourth-order valence-corrected chi connectivity index (χ4v) is 5.91. The summed E-state index contributed by atoms with van der Waals surface area (Å²) in [6, 6.07) is 14.0. The van der Waals surface area contributed by atoms with Gasteiger partial charge in [0.2, 0.25) is 5.51 Å². The molecule has 42 heavy (non-hydrogen) atoms. The number of hydrogen-bond donors (Lipinski definition) is 1. The molecule has 4 nitrogen and oxygen atoms in total. The Morgan fingerprint density at radius 3 is 2.07 bits per heavy atom. The molecule has 6 heteroatoms. The number of benzene rings is 2. The number of para-hydroxylation sites is 2. The van der Waals surface area contributed by atoms with E-state index in [-0.39, 0.29) is 28.3 Å². The summed E-state index contributed by atoms with van der Waals surface area (Å²) >= 11 is 1.72. The molecule has 1 amide bonds. The zero-order chi connectivity index (χ0) is 29.5. The summed E-state index contributed by atoms with van der Waals surface area (Å²) in [5.41, 5.74) is 5.57. The smallest absolute Gasteiger partial charge is 0.259 e. The average Bonchev–Trinajstić information content (AvgIpc) is 3.36. The van der Waals surface area contributed by atoms with E-state index in [4.69, 9.17) is 4.74 Å². The molecular weight excluding hydrogens is 604 g/mol. The van der Waals surface area contributed by atoms with Crippen molar-refractivity contribution >= 4 is 22.9 Å². The van der Waals surface area contributed by atoms with E-state index in [0.29, 0.717) is 18.7 Å². The Bertz CT molecular complexity index is 1200. The first-order chi connectivity index (χ1) is 19.8. The number of ether oxygens (including phenoxy) is 1. The monoisotopic (exact) mass is 656 g/mol. The van der Waals surface area contributed by atoms with E-state index in [1.54, 1.807) is 11.3 Å². The number of nitrogens with one attached hydrogen (secondary N) is 1. The van der Waals surface area contributed by atoms with Crippen molar-refractivity contribution in [1.82, 2.24) is 0 Å². The summed E-state index contributed by atoms with van der Waals surface area (Å²) in [7, 11) is 0. The van der Waals surface area contributed by atoms with E-state index in [9.17, 15) is 4.79 Å². The highest BCUT2D eigenvalue weighted by molar-refractivity contribution is 7.09. The number of nitrogens with zero attached hydrogens (tertiary/aromatic N) is 1. The second-order valence-electron chi connectivity index (χ2n) is 12.4. The minimum atomic E-state index is -0.131. The van der Waals surface area contributed by atoms with Gasteiger partial charge in [0, 0.05) is 11.1 Å². The minimum absolute atomic E-state index is 0. The van der Waals surface area contributed by atoms with E-state index in [0.717, 1.165) is 29.0 Å². The highest BCUT2D eigenvalue weighted by Gasteiger charge is 2.24. The van der Waals surface area contributed by atoms with Crippen molar-refractivity contribution in [3.63, 3.8) is 0 Å². The lowest BCUT2D eigenvalue weighted by Gasteiger charge is -2.25. The van der Waals surface area contributed by atoms with Gasteiger partial charge in [-0.05, 0) is 30.9 Å². The Balaban J connectivity index is 0.00000616. The maximum Gasteiger partial charge on any atom is 0.259 e. The first-order valence-corrected chi connectivity index (χ1v) is 16.8. The van der Waals surface area contributed by atoms with Gasteiger partial charge in [0.25, 0.3) is 5.91 Å². The molecule has 0 radical (unpaired) electrons. The van der Waals surface area contributed by atoms with Crippen LogP contribution in [0.15, 0.2) is 54.2 Å². The van der Waals surface area contributed by atoms with E-state index in [1.807, 2.05) is 30.3 Å². The second kappa shape index (κ2) is 19.2. The van der Waals surface area contributed by atoms with Crippen LogP contribution in [-0.2, 0) is 12.0 Å². The van der Waals surface area contributed by atoms with Crippen LogP contribution in [0.5, 0.6) is 5.75 Å². The molecule has 1 N–H and O–H groups in total. The number of carbonyl (C=O) groups is 1. The molecule has 3 rings (SSSR count). The number of unbranched alkanes of at least 4 members (excludes halogenated alkanes) is 11. The summed E-state index contributed by atoms with van der Waals surface area (Å²) in [5, 5.41) is 3.19. The van der Waals surface area contributed by atoms with Gasteiger partial charge in [-0.3, -0.25) is 4.79 Å². The predicted molar refractivity (Wildman–Crippen MR) is 174 cm³/mol. The molecule has 0 saturated heterocycles. The lowest BCUT2D eigenvalue weighted by atomic mass is 9.85.